The molecule has 0 saturated carbocycles. The first kappa shape index (κ1) is 18.0. The Bertz CT molecular complexity index is 760. The molecule has 5 heteroatoms. The second kappa shape index (κ2) is 8.52. The van der Waals surface area contributed by atoms with Crippen LogP contribution in [0.5, 0.6) is 11.5 Å². The predicted molar refractivity (Wildman–Crippen MR) is 98.2 cm³/mol. The topological polar surface area (TPSA) is 55.8 Å². The molecule has 1 atom stereocenters. The van der Waals surface area contributed by atoms with Crippen LogP contribution in [0, 0.1) is 5.92 Å². The highest BCUT2D eigenvalue weighted by molar-refractivity contribution is 5.95. The van der Waals surface area contributed by atoms with E-state index < -0.39 is 0 Å². The number of nitrogens with zero attached hydrogens (tertiary/aromatic N) is 1. The van der Waals surface area contributed by atoms with E-state index >= 15 is 0 Å². The Morgan fingerprint density at radius 2 is 1.85 bits per heavy atom. The average Bonchev–Trinajstić information content (AvgIpc) is 2.69. The number of hydrogen-bond donors (Lipinski definition) is 0. The van der Waals surface area contributed by atoms with Gasteiger partial charge in [-0.25, -0.2) is 0 Å². The zero-order valence-corrected chi connectivity index (χ0v) is 14.9. The van der Waals surface area contributed by atoms with E-state index in [-0.39, 0.29) is 17.8 Å². The third kappa shape index (κ3) is 4.42. The molecule has 0 aliphatic carbocycles. The van der Waals surface area contributed by atoms with E-state index in [1.165, 1.54) is 0 Å². The second-order valence-electron chi connectivity index (χ2n) is 6.29. The molecular weight excluding hydrogens is 330 g/mol. The summed E-state index contributed by atoms with van der Waals surface area (Å²) in [5.41, 5.74) is 0.558. The highest BCUT2D eigenvalue weighted by atomic mass is 16.5. The molecule has 0 radical (unpaired) electrons. The molecule has 0 aromatic heterocycles. The molecule has 2 aromatic rings. The third-order valence-corrected chi connectivity index (χ3v) is 4.39. The van der Waals surface area contributed by atoms with Crippen molar-refractivity contribution in [2.45, 2.75) is 19.8 Å². The largest absolute Gasteiger partial charge is 0.466 e. The molecule has 1 heterocycles. The molecule has 1 aliphatic heterocycles. The van der Waals surface area contributed by atoms with E-state index in [2.05, 4.69) is 0 Å². The van der Waals surface area contributed by atoms with Crippen molar-refractivity contribution in [2.24, 2.45) is 5.92 Å². The lowest BCUT2D eigenvalue weighted by Gasteiger charge is -2.31. The lowest BCUT2D eigenvalue weighted by molar-refractivity contribution is -0.149. The van der Waals surface area contributed by atoms with Crippen molar-refractivity contribution in [2.75, 3.05) is 19.7 Å². The van der Waals surface area contributed by atoms with Gasteiger partial charge < -0.3 is 14.4 Å². The Balaban J connectivity index is 1.69. The molecule has 0 bridgehead atoms. The number of amides is 1. The fourth-order valence-electron chi connectivity index (χ4n) is 3.11. The van der Waals surface area contributed by atoms with Gasteiger partial charge in [-0.15, -0.1) is 0 Å². The van der Waals surface area contributed by atoms with Crippen molar-refractivity contribution in [1.82, 2.24) is 4.90 Å². The van der Waals surface area contributed by atoms with Gasteiger partial charge in [0.25, 0.3) is 5.91 Å². The molecular formula is C21H23NO4. The molecule has 0 N–H and O–H groups in total. The highest BCUT2D eigenvalue weighted by Gasteiger charge is 2.29. The van der Waals surface area contributed by atoms with Gasteiger partial charge in [0.15, 0.2) is 0 Å². The van der Waals surface area contributed by atoms with Crippen LogP contribution < -0.4 is 4.74 Å². The summed E-state index contributed by atoms with van der Waals surface area (Å²) >= 11 is 0. The maximum atomic E-state index is 12.8. The van der Waals surface area contributed by atoms with Crippen LogP contribution in [0.3, 0.4) is 0 Å². The molecule has 2 aromatic carbocycles. The summed E-state index contributed by atoms with van der Waals surface area (Å²) < 4.78 is 10.9. The zero-order valence-electron chi connectivity index (χ0n) is 14.9. The van der Waals surface area contributed by atoms with Gasteiger partial charge >= 0.3 is 5.97 Å². The third-order valence-electron chi connectivity index (χ3n) is 4.39. The van der Waals surface area contributed by atoms with E-state index in [0.29, 0.717) is 31.0 Å². The molecule has 26 heavy (non-hydrogen) atoms. The normalized spacial score (nSPS) is 16.8. The van der Waals surface area contributed by atoms with Crippen molar-refractivity contribution in [3.8, 4) is 11.5 Å². The Morgan fingerprint density at radius 3 is 2.62 bits per heavy atom. The number of rotatable bonds is 5. The van der Waals surface area contributed by atoms with Crippen LogP contribution in [-0.2, 0) is 9.53 Å². The van der Waals surface area contributed by atoms with Gasteiger partial charge in [0, 0.05) is 18.7 Å². The van der Waals surface area contributed by atoms with E-state index in [1.807, 2.05) is 36.4 Å². The number of esters is 1. The Kier molecular flexibility index (Phi) is 5.89. The van der Waals surface area contributed by atoms with Gasteiger partial charge in [-0.2, -0.15) is 0 Å². The monoisotopic (exact) mass is 353 g/mol. The van der Waals surface area contributed by atoms with Crippen LogP contribution in [-0.4, -0.2) is 36.5 Å². The Morgan fingerprint density at radius 1 is 1.08 bits per heavy atom. The summed E-state index contributed by atoms with van der Waals surface area (Å²) in [4.78, 5) is 26.6. The van der Waals surface area contributed by atoms with E-state index in [1.54, 1.807) is 30.0 Å². The Hall–Kier alpha value is -2.82. The minimum absolute atomic E-state index is 0.0856. The summed E-state index contributed by atoms with van der Waals surface area (Å²) in [5, 5.41) is 0. The molecule has 1 aliphatic rings. The van der Waals surface area contributed by atoms with Gasteiger partial charge in [-0.1, -0.05) is 24.3 Å². The molecule has 0 unspecified atom stereocenters. The first-order valence-corrected chi connectivity index (χ1v) is 8.96. The standard InChI is InChI=1S/C21H23NO4/c1-2-25-21(24)17-9-7-13-22(15-17)20(23)16-8-6-12-19(14-16)26-18-10-4-3-5-11-18/h3-6,8,10-12,14,17H,2,7,9,13,15H2,1H3/t17-/m0/s1. The number of likely N-dealkylation sites (tertiary alicyclic amines) is 1. The SMILES string of the molecule is CCOC(=O)[C@H]1CCCN(C(=O)c2cccc(Oc3ccccc3)c2)C1. The number of ether oxygens (including phenoxy) is 2. The van der Waals surface area contributed by atoms with Crippen LogP contribution in [0.4, 0.5) is 0 Å². The zero-order chi connectivity index (χ0) is 18.4. The van der Waals surface area contributed by atoms with Gasteiger partial charge in [-0.3, -0.25) is 9.59 Å². The van der Waals surface area contributed by atoms with Crippen molar-refractivity contribution >= 4 is 11.9 Å². The van der Waals surface area contributed by atoms with E-state index in [0.717, 1.165) is 18.6 Å². The van der Waals surface area contributed by atoms with E-state index in [9.17, 15) is 9.59 Å². The Labute approximate surface area is 153 Å². The smallest absolute Gasteiger partial charge is 0.310 e. The average molecular weight is 353 g/mol. The quantitative estimate of drug-likeness (QED) is 0.765. The summed E-state index contributed by atoms with van der Waals surface area (Å²) in [5.74, 6) is 0.790. The minimum atomic E-state index is -0.239. The van der Waals surface area contributed by atoms with Gasteiger partial charge in [0.1, 0.15) is 11.5 Å². The first-order chi connectivity index (χ1) is 12.7. The molecule has 136 valence electrons. The summed E-state index contributed by atoms with van der Waals surface area (Å²) in [6.45, 7) is 3.21. The van der Waals surface area contributed by atoms with Gasteiger partial charge in [0.05, 0.1) is 12.5 Å². The highest BCUT2D eigenvalue weighted by Crippen LogP contribution is 2.24. The molecule has 0 spiro atoms. The lowest BCUT2D eigenvalue weighted by Crippen LogP contribution is -2.42. The first-order valence-electron chi connectivity index (χ1n) is 8.96. The van der Waals surface area contributed by atoms with Gasteiger partial charge in [-0.05, 0) is 50.1 Å². The summed E-state index contributed by atoms with van der Waals surface area (Å²) in [6.07, 6.45) is 1.56. The van der Waals surface area contributed by atoms with Crippen molar-refractivity contribution in [1.29, 1.82) is 0 Å². The van der Waals surface area contributed by atoms with E-state index in [4.69, 9.17) is 9.47 Å². The van der Waals surface area contributed by atoms with Crippen LogP contribution in [0.15, 0.2) is 54.6 Å². The number of piperidine rings is 1. The minimum Gasteiger partial charge on any atom is -0.466 e. The number of carbonyl (C=O) groups excluding carboxylic acids is 2. The van der Waals surface area contributed by atoms with Crippen LogP contribution in [0.2, 0.25) is 0 Å². The van der Waals surface area contributed by atoms with Crippen LogP contribution in [0.1, 0.15) is 30.1 Å². The van der Waals surface area contributed by atoms with Crippen molar-refractivity contribution in [3.63, 3.8) is 0 Å². The second-order valence-corrected chi connectivity index (χ2v) is 6.29. The fourth-order valence-corrected chi connectivity index (χ4v) is 3.11. The molecule has 1 fully saturated rings. The maximum absolute atomic E-state index is 12.8. The fraction of sp³-hybridized carbons (Fsp3) is 0.333. The number of hydrogen-bond acceptors (Lipinski definition) is 4. The predicted octanol–water partition coefficient (Wildman–Crippen LogP) is 3.89. The van der Waals surface area contributed by atoms with Gasteiger partial charge in [0.2, 0.25) is 0 Å². The number of carbonyl (C=O) groups is 2. The number of benzene rings is 2. The van der Waals surface area contributed by atoms with Crippen molar-refractivity contribution in [3.05, 3.63) is 60.2 Å². The molecule has 1 amide bonds. The maximum Gasteiger partial charge on any atom is 0.310 e. The summed E-state index contributed by atoms with van der Waals surface area (Å²) in [6, 6.07) is 16.6. The van der Waals surface area contributed by atoms with Crippen molar-refractivity contribution < 1.29 is 19.1 Å². The molecule has 5 nitrogen and oxygen atoms in total. The summed E-state index contributed by atoms with van der Waals surface area (Å²) in [7, 11) is 0. The lowest BCUT2D eigenvalue weighted by atomic mass is 9.97. The van der Waals surface area contributed by atoms with Crippen LogP contribution in [0.25, 0.3) is 0 Å². The number of para-hydroxylation sites is 1. The van der Waals surface area contributed by atoms with Crippen LogP contribution >= 0.6 is 0 Å². The molecule has 3 rings (SSSR count). The molecule has 1 saturated heterocycles.